The van der Waals surface area contributed by atoms with E-state index in [2.05, 4.69) is 12.2 Å². The first-order valence-corrected chi connectivity index (χ1v) is 6.49. The topological polar surface area (TPSA) is 29.1 Å². The maximum Gasteiger partial charge on any atom is 0.207 e. The molecular formula is C13H21NO. The second kappa shape index (κ2) is 3.50. The second-order valence-electron chi connectivity index (χ2n) is 6.02. The number of rotatable bonds is 2. The lowest BCUT2D eigenvalue weighted by atomic mass is 9.53. The van der Waals surface area contributed by atoms with Crippen LogP contribution in [0.4, 0.5) is 0 Å². The van der Waals surface area contributed by atoms with Gasteiger partial charge in [0.25, 0.3) is 0 Å². The number of carbonyl (C=O) groups is 1. The molecule has 0 saturated heterocycles. The van der Waals surface area contributed by atoms with Crippen molar-refractivity contribution in [2.24, 2.45) is 29.6 Å². The Morgan fingerprint density at radius 2 is 1.87 bits per heavy atom. The summed E-state index contributed by atoms with van der Waals surface area (Å²) >= 11 is 0. The second-order valence-corrected chi connectivity index (χ2v) is 6.02. The van der Waals surface area contributed by atoms with Gasteiger partial charge in [-0.25, -0.2) is 0 Å². The number of hydrogen-bond acceptors (Lipinski definition) is 1. The van der Waals surface area contributed by atoms with Crippen LogP contribution in [0.2, 0.25) is 0 Å². The van der Waals surface area contributed by atoms with Crippen LogP contribution in [0, 0.1) is 29.6 Å². The van der Waals surface area contributed by atoms with Crippen LogP contribution in [0.15, 0.2) is 0 Å². The van der Waals surface area contributed by atoms with Crippen LogP contribution in [0.5, 0.6) is 0 Å². The summed E-state index contributed by atoms with van der Waals surface area (Å²) in [5.41, 5.74) is 0. The number of nitrogens with one attached hydrogen (secondary N) is 1. The zero-order chi connectivity index (χ0) is 10.4. The van der Waals surface area contributed by atoms with Gasteiger partial charge in [0.05, 0.1) is 0 Å². The van der Waals surface area contributed by atoms with Crippen molar-refractivity contribution in [3.8, 4) is 0 Å². The summed E-state index contributed by atoms with van der Waals surface area (Å²) < 4.78 is 0. The standard InChI is InChI=1S/C13H21NO/c1-8-4-9-2-3-10-5-11(9)6-12(8)13(10)14-7-15/h7-13H,2-6H2,1H3,(H,14,15). The molecule has 0 aromatic carbocycles. The Hall–Kier alpha value is -0.530. The highest BCUT2D eigenvalue weighted by atomic mass is 16.1. The summed E-state index contributed by atoms with van der Waals surface area (Å²) in [6, 6.07) is 0.495. The summed E-state index contributed by atoms with van der Waals surface area (Å²) in [4.78, 5) is 10.7. The third-order valence-electron chi connectivity index (χ3n) is 5.39. The van der Waals surface area contributed by atoms with E-state index in [9.17, 15) is 4.79 Å². The van der Waals surface area contributed by atoms with E-state index in [-0.39, 0.29) is 0 Å². The largest absolute Gasteiger partial charge is 0.355 e. The van der Waals surface area contributed by atoms with E-state index in [0.29, 0.717) is 6.04 Å². The molecule has 3 fully saturated rings. The smallest absolute Gasteiger partial charge is 0.207 e. The Morgan fingerprint density at radius 3 is 2.67 bits per heavy atom. The molecule has 6 atom stereocenters. The molecular weight excluding hydrogens is 186 g/mol. The minimum atomic E-state index is 0.495. The van der Waals surface area contributed by atoms with E-state index >= 15 is 0 Å². The Labute approximate surface area is 91.8 Å². The highest BCUT2D eigenvalue weighted by Crippen LogP contribution is 2.54. The first kappa shape index (κ1) is 9.68. The fraction of sp³-hybridized carbons (Fsp3) is 0.923. The normalized spacial score (nSPS) is 52.6. The van der Waals surface area contributed by atoms with Gasteiger partial charge in [-0.15, -0.1) is 0 Å². The lowest BCUT2D eigenvalue weighted by Crippen LogP contribution is -2.54. The first-order valence-electron chi connectivity index (χ1n) is 6.49. The molecule has 2 nitrogen and oxygen atoms in total. The fourth-order valence-corrected chi connectivity index (χ4v) is 4.71. The van der Waals surface area contributed by atoms with E-state index in [0.717, 1.165) is 36.0 Å². The minimum Gasteiger partial charge on any atom is -0.355 e. The molecule has 3 aliphatic rings. The van der Waals surface area contributed by atoms with Crippen molar-refractivity contribution in [1.82, 2.24) is 5.32 Å². The Bertz CT molecular complexity index is 265. The summed E-state index contributed by atoms with van der Waals surface area (Å²) in [6.07, 6.45) is 7.89. The van der Waals surface area contributed by atoms with Crippen molar-refractivity contribution in [1.29, 1.82) is 0 Å². The molecule has 2 heteroatoms. The van der Waals surface area contributed by atoms with Gasteiger partial charge in [-0.05, 0) is 61.7 Å². The predicted molar refractivity (Wildman–Crippen MR) is 59.2 cm³/mol. The molecule has 6 unspecified atom stereocenters. The lowest BCUT2D eigenvalue weighted by molar-refractivity contribution is -0.113. The SMILES string of the molecule is CC1CC2CCC3CC2CC1C3NC=O. The number of carbonyl (C=O) groups excluding carboxylic acids is 1. The van der Waals surface area contributed by atoms with Crippen molar-refractivity contribution in [2.75, 3.05) is 0 Å². The van der Waals surface area contributed by atoms with Crippen LogP contribution in [0.1, 0.15) is 39.0 Å². The van der Waals surface area contributed by atoms with Crippen molar-refractivity contribution < 1.29 is 4.79 Å². The Balaban J connectivity index is 1.86. The van der Waals surface area contributed by atoms with E-state index < -0.39 is 0 Å². The van der Waals surface area contributed by atoms with Gasteiger partial charge in [0.2, 0.25) is 6.41 Å². The molecule has 3 aliphatic carbocycles. The van der Waals surface area contributed by atoms with Crippen LogP contribution in [0.25, 0.3) is 0 Å². The van der Waals surface area contributed by atoms with Gasteiger partial charge in [-0.1, -0.05) is 6.92 Å². The molecule has 0 heterocycles. The number of amides is 1. The monoisotopic (exact) mass is 207 g/mol. The summed E-state index contributed by atoms with van der Waals surface area (Å²) in [5.74, 6) is 4.40. The van der Waals surface area contributed by atoms with Gasteiger partial charge in [0.15, 0.2) is 0 Å². The molecule has 1 N–H and O–H groups in total. The van der Waals surface area contributed by atoms with Crippen LogP contribution in [-0.2, 0) is 4.79 Å². The molecule has 0 aromatic heterocycles. The van der Waals surface area contributed by atoms with Crippen molar-refractivity contribution >= 4 is 6.41 Å². The van der Waals surface area contributed by atoms with Crippen LogP contribution in [0.3, 0.4) is 0 Å². The third kappa shape index (κ3) is 1.41. The van der Waals surface area contributed by atoms with Gasteiger partial charge in [-0.3, -0.25) is 4.79 Å². The zero-order valence-electron chi connectivity index (χ0n) is 9.49. The molecule has 0 aliphatic heterocycles. The predicted octanol–water partition coefficient (Wildman–Crippen LogP) is 2.19. The third-order valence-corrected chi connectivity index (χ3v) is 5.39. The average Bonchev–Trinajstić information content (AvgIpc) is 2.25. The van der Waals surface area contributed by atoms with Gasteiger partial charge in [-0.2, -0.15) is 0 Å². The minimum absolute atomic E-state index is 0.495. The average molecular weight is 207 g/mol. The summed E-state index contributed by atoms with van der Waals surface area (Å²) in [6.45, 7) is 2.39. The van der Waals surface area contributed by atoms with Crippen molar-refractivity contribution in [2.45, 2.75) is 45.1 Å². The molecule has 0 radical (unpaired) electrons. The molecule has 0 spiro atoms. The molecule has 15 heavy (non-hydrogen) atoms. The number of fused-ring (bicyclic) bond motifs is 2. The van der Waals surface area contributed by atoms with Crippen molar-refractivity contribution in [3.05, 3.63) is 0 Å². The zero-order valence-corrected chi connectivity index (χ0v) is 9.49. The van der Waals surface area contributed by atoms with E-state index in [4.69, 9.17) is 0 Å². The number of hydrogen-bond donors (Lipinski definition) is 1. The van der Waals surface area contributed by atoms with Gasteiger partial charge >= 0.3 is 0 Å². The molecule has 1 amide bonds. The quantitative estimate of drug-likeness (QED) is 0.691. The molecule has 3 rings (SSSR count). The van der Waals surface area contributed by atoms with E-state index in [1.54, 1.807) is 0 Å². The Kier molecular flexibility index (Phi) is 2.26. The molecule has 3 saturated carbocycles. The first-order chi connectivity index (χ1) is 7.29. The van der Waals surface area contributed by atoms with Crippen LogP contribution < -0.4 is 5.32 Å². The molecule has 0 aromatic rings. The maximum absolute atomic E-state index is 10.7. The van der Waals surface area contributed by atoms with Crippen molar-refractivity contribution in [3.63, 3.8) is 0 Å². The van der Waals surface area contributed by atoms with Gasteiger partial charge < -0.3 is 5.32 Å². The van der Waals surface area contributed by atoms with Gasteiger partial charge in [0, 0.05) is 6.04 Å². The fourth-order valence-electron chi connectivity index (χ4n) is 4.71. The van der Waals surface area contributed by atoms with E-state index in [1.165, 1.54) is 32.1 Å². The summed E-state index contributed by atoms with van der Waals surface area (Å²) in [7, 11) is 0. The summed E-state index contributed by atoms with van der Waals surface area (Å²) in [5, 5.41) is 3.12. The molecule has 3 bridgehead atoms. The van der Waals surface area contributed by atoms with E-state index in [1.807, 2.05) is 0 Å². The van der Waals surface area contributed by atoms with Crippen LogP contribution in [-0.4, -0.2) is 12.5 Å². The maximum atomic E-state index is 10.7. The highest BCUT2D eigenvalue weighted by molar-refractivity contribution is 5.47. The Morgan fingerprint density at radius 1 is 1.07 bits per heavy atom. The lowest BCUT2D eigenvalue weighted by Gasteiger charge is -2.55. The van der Waals surface area contributed by atoms with Crippen LogP contribution >= 0.6 is 0 Å². The molecule has 84 valence electrons. The highest BCUT2D eigenvalue weighted by Gasteiger charge is 2.48. The van der Waals surface area contributed by atoms with Gasteiger partial charge in [0.1, 0.15) is 0 Å².